The van der Waals surface area contributed by atoms with Gasteiger partial charge < -0.3 is 19.5 Å². The third kappa shape index (κ3) is 6.09. The minimum absolute atomic E-state index is 0.327. The number of nitrogens with one attached hydrogen (secondary N) is 1. The van der Waals surface area contributed by atoms with Crippen molar-refractivity contribution in [3.8, 4) is 5.75 Å². The zero-order chi connectivity index (χ0) is 16.6. The number of carbonyl (C=O) groups is 2. The van der Waals surface area contributed by atoms with E-state index in [1.54, 1.807) is 0 Å². The van der Waals surface area contributed by atoms with Gasteiger partial charge in [0.1, 0.15) is 11.6 Å². The number of hydrogen-bond acceptors (Lipinski definition) is 5. The second-order valence-corrected chi connectivity index (χ2v) is 4.99. The molecule has 6 nitrogen and oxygen atoms in total. The molecule has 0 atom stereocenters. The van der Waals surface area contributed by atoms with Crippen molar-refractivity contribution < 1.29 is 28.2 Å². The van der Waals surface area contributed by atoms with Gasteiger partial charge in [0.2, 0.25) is 0 Å². The second kappa shape index (κ2) is 8.33. The van der Waals surface area contributed by atoms with Crippen molar-refractivity contribution in [1.29, 1.82) is 0 Å². The Kier molecular flexibility index (Phi) is 6.78. The van der Waals surface area contributed by atoms with Crippen LogP contribution in [0.25, 0.3) is 0 Å². The molecule has 0 bridgehead atoms. The fourth-order valence-electron chi connectivity index (χ4n) is 1.49. The van der Waals surface area contributed by atoms with Crippen LogP contribution in [0, 0.1) is 5.82 Å². The van der Waals surface area contributed by atoms with Crippen LogP contribution in [0.1, 0.15) is 13.8 Å². The van der Waals surface area contributed by atoms with Crippen LogP contribution in [0.4, 0.5) is 4.39 Å². The van der Waals surface area contributed by atoms with E-state index in [1.807, 2.05) is 0 Å². The van der Waals surface area contributed by atoms with E-state index in [-0.39, 0.29) is 0 Å². The lowest BCUT2D eigenvalue weighted by atomic mass is 10.1. The second-order valence-electron chi connectivity index (χ2n) is 4.99. The highest BCUT2D eigenvalue weighted by Gasteiger charge is 2.32. The van der Waals surface area contributed by atoms with Gasteiger partial charge in [-0.1, -0.05) is 0 Å². The number of benzene rings is 1. The highest BCUT2D eigenvalue weighted by Crippen LogP contribution is 2.19. The van der Waals surface area contributed by atoms with Gasteiger partial charge in [-0.05, 0) is 38.1 Å². The molecule has 1 aromatic carbocycles. The van der Waals surface area contributed by atoms with Crippen LogP contribution in [0.5, 0.6) is 5.75 Å². The van der Waals surface area contributed by atoms with Crippen molar-refractivity contribution in [1.82, 2.24) is 5.32 Å². The largest absolute Gasteiger partial charge is 0.476 e. The van der Waals surface area contributed by atoms with Crippen LogP contribution in [-0.2, 0) is 19.1 Å². The lowest BCUT2D eigenvalue weighted by Gasteiger charge is -2.24. The van der Waals surface area contributed by atoms with Crippen molar-refractivity contribution in [3.05, 3.63) is 30.1 Å². The molecule has 1 N–H and O–H groups in total. The molecule has 0 saturated carbocycles. The van der Waals surface area contributed by atoms with E-state index in [2.05, 4.69) is 5.32 Å². The minimum Gasteiger partial charge on any atom is -0.476 e. The molecule has 0 aliphatic heterocycles. The molecule has 0 aliphatic rings. The highest BCUT2D eigenvalue weighted by atomic mass is 19.1. The van der Waals surface area contributed by atoms with Gasteiger partial charge in [-0.15, -0.1) is 0 Å². The van der Waals surface area contributed by atoms with Crippen molar-refractivity contribution in [2.24, 2.45) is 0 Å². The van der Waals surface area contributed by atoms with E-state index < -0.39 is 29.9 Å². The Labute approximate surface area is 128 Å². The zero-order valence-electron chi connectivity index (χ0n) is 12.8. The number of rotatable bonds is 8. The first-order valence-corrected chi connectivity index (χ1v) is 6.72. The number of esters is 1. The van der Waals surface area contributed by atoms with Crippen LogP contribution in [0.15, 0.2) is 24.3 Å². The first kappa shape index (κ1) is 17.9. The summed E-state index contributed by atoms with van der Waals surface area (Å²) in [4.78, 5) is 23.4. The van der Waals surface area contributed by atoms with Gasteiger partial charge >= 0.3 is 5.97 Å². The van der Waals surface area contributed by atoms with Gasteiger partial charge in [0.25, 0.3) is 5.91 Å². The first-order chi connectivity index (χ1) is 10.3. The lowest BCUT2D eigenvalue weighted by Crippen LogP contribution is -2.41. The van der Waals surface area contributed by atoms with Crippen LogP contribution >= 0.6 is 0 Å². The van der Waals surface area contributed by atoms with Crippen molar-refractivity contribution in [2.45, 2.75) is 19.4 Å². The summed E-state index contributed by atoms with van der Waals surface area (Å²) < 4.78 is 28.0. The van der Waals surface area contributed by atoms with Crippen molar-refractivity contribution in [2.75, 3.05) is 26.9 Å². The van der Waals surface area contributed by atoms with Gasteiger partial charge in [-0.2, -0.15) is 0 Å². The molecular formula is C15H20FNO5. The monoisotopic (exact) mass is 313 g/mol. The molecule has 1 aromatic rings. The predicted molar refractivity (Wildman–Crippen MR) is 77.0 cm³/mol. The Bertz CT molecular complexity index is 501. The van der Waals surface area contributed by atoms with Crippen LogP contribution in [-0.4, -0.2) is 44.3 Å². The molecule has 122 valence electrons. The maximum Gasteiger partial charge on any atom is 0.350 e. The zero-order valence-corrected chi connectivity index (χ0v) is 12.8. The number of hydrogen-bond donors (Lipinski definition) is 1. The Hall–Kier alpha value is -2.15. The Morgan fingerprint density at radius 1 is 1.23 bits per heavy atom. The quantitative estimate of drug-likeness (QED) is 0.578. The maximum atomic E-state index is 12.8. The summed E-state index contributed by atoms with van der Waals surface area (Å²) in [6.07, 6.45) is 0. The van der Waals surface area contributed by atoms with E-state index in [4.69, 9.17) is 14.2 Å². The Morgan fingerprint density at radius 2 is 1.86 bits per heavy atom. The third-order valence-corrected chi connectivity index (χ3v) is 2.64. The van der Waals surface area contributed by atoms with Crippen LogP contribution in [0.2, 0.25) is 0 Å². The number of carbonyl (C=O) groups excluding carboxylic acids is 2. The number of ether oxygens (including phenoxy) is 3. The molecule has 0 aliphatic carbocycles. The summed E-state index contributed by atoms with van der Waals surface area (Å²) in [7, 11) is 1.52. The summed E-state index contributed by atoms with van der Waals surface area (Å²) in [5, 5.41) is 2.52. The van der Waals surface area contributed by atoms with Gasteiger partial charge in [0.15, 0.2) is 12.2 Å². The molecule has 0 heterocycles. The summed E-state index contributed by atoms with van der Waals surface area (Å²) in [6, 6.07) is 5.25. The molecule has 0 unspecified atom stereocenters. The third-order valence-electron chi connectivity index (χ3n) is 2.64. The van der Waals surface area contributed by atoms with E-state index in [9.17, 15) is 14.0 Å². The van der Waals surface area contributed by atoms with E-state index in [1.165, 1.54) is 45.2 Å². The molecule has 22 heavy (non-hydrogen) atoms. The summed E-state index contributed by atoms with van der Waals surface area (Å²) in [6.45, 7) is 3.31. The number of amides is 1. The van der Waals surface area contributed by atoms with Crippen LogP contribution in [0.3, 0.4) is 0 Å². The fraction of sp³-hybridized carbons (Fsp3) is 0.467. The summed E-state index contributed by atoms with van der Waals surface area (Å²) in [5.74, 6) is -1.20. The number of methoxy groups -OCH3 is 1. The SMILES string of the molecule is COCCNC(=O)COC(=O)C(C)(C)Oc1ccc(F)cc1. The predicted octanol–water partition coefficient (Wildman–Crippen LogP) is 1.29. The number of halogens is 1. The molecule has 1 amide bonds. The molecular weight excluding hydrogens is 293 g/mol. The van der Waals surface area contributed by atoms with Crippen molar-refractivity contribution in [3.63, 3.8) is 0 Å². The molecule has 0 radical (unpaired) electrons. The molecule has 0 aromatic heterocycles. The van der Waals surface area contributed by atoms with E-state index in [0.29, 0.717) is 18.9 Å². The highest BCUT2D eigenvalue weighted by molar-refractivity contribution is 5.83. The lowest BCUT2D eigenvalue weighted by molar-refractivity contribution is -0.162. The molecule has 0 spiro atoms. The van der Waals surface area contributed by atoms with E-state index >= 15 is 0 Å². The Balaban J connectivity index is 2.45. The van der Waals surface area contributed by atoms with E-state index in [0.717, 1.165) is 0 Å². The van der Waals surface area contributed by atoms with Gasteiger partial charge in [-0.25, -0.2) is 9.18 Å². The minimum atomic E-state index is -1.30. The van der Waals surface area contributed by atoms with Gasteiger partial charge in [-0.3, -0.25) is 4.79 Å². The van der Waals surface area contributed by atoms with Crippen molar-refractivity contribution >= 4 is 11.9 Å². The normalized spacial score (nSPS) is 10.9. The maximum absolute atomic E-state index is 12.8. The average molecular weight is 313 g/mol. The molecule has 0 fully saturated rings. The van der Waals surface area contributed by atoms with Gasteiger partial charge in [0, 0.05) is 13.7 Å². The summed E-state index contributed by atoms with van der Waals surface area (Å²) >= 11 is 0. The standard InChI is InChI=1S/C15H20FNO5/c1-15(2,22-12-6-4-11(16)5-7-12)14(19)21-10-13(18)17-8-9-20-3/h4-7H,8-10H2,1-3H3,(H,17,18). The Morgan fingerprint density at radius 3 is 2.45 bits per heavy atom. The topological polar surface area (TPSA) is 73.9 Å². The molecule has 1 rings (SSSR count). The average Bonchev–Trinajstić information content (AvgIpc) is 2.47. The molecule has 7 heteroatoms. The van der Waals surface area contributed by atoms with Gasteiger partial charge in [0.05, 0.1) is 6.61 Å². The summed E-state index contributed by atoms with van der Waals surface area (Å²) in [5.41, 5.74) is -1.30. The molecule has 0 saturated heterocycles. The first-order valence-electron chi connectivity index (χ1n) is 6.72. The fourth-order valence-corrected chi connectivity index (χ4v) is 1.49. The smallest absolute Gasteiger partial charge is 0.350 e. The van der Waals surface area contributed by atoms with Crippen LogP contribution < -0.4 is 10.1 Å².